The number of aryl methyl sites for hydroxylation is 19. The number of hydrogen-bond donors (Lipinski definition) is 0. The number of aromatic nitrogens is 5. The molecule has 0 saturated heterocycles. The zero-order valence-electron chi connectivity index (χ0n) is 75.5. The summed E-state index contributed by atoms with van der Waals surface area (Å²) in [6.45, 7) is 27.5. The lowest BCUT2D eigenvalue weighted by Crippen LogP contribution is -2.32. The van der Waals surface area contributed by atoms with Crippen LogP contribution in [0.2, 0.25) is 0 Å². The molecular weight excluding hydrogens is 1110 g/mol. The van der Waals surface area contributed by atoms with Crippen molar-refractivity contribution in [3.63, 3.8) is 0 Å². The highest BCUT2D eigenvalue weighted by molar-refractivity contribution is 5.66. The smallest absolute Gasteiger partial charge is 0.201 e. The van der Waals surface area contributed by atoms with Crippen LogP contribution in [-0.4, -0.2) is 0 Å². The molecule has 0 saturated carbocycles. The highest BCUT2D eigenvalue weighted by Gasteiger charge is 2.21. The Labute approximate surface area is 580 Å². The van der Waals surface area contributed by atoms with Gasteiger partial charge in [0.05, 0.1) is 0 Å². The standard InChI is InChI=1S/3C18H24N.C17H22N.C16H20N/c1-12(2)16-7-8-17(14(4)9-16)18-10-13(3)15(5)11-19(18)6;1-12(2)17-10-18(19(6)11-15(17)5)16-8-7-13(3)9-14(16)4;1-12(2)17-11-19(6)18(10-15(17)5)16-8-7-13(3)9-14(16)4;1-12(2)15-7-8-16(14(4)10-15)17-9-6-13(3)11-18(17)5;1-5-14-7-9-16(17(4)11-14)15-8-6-12(2)10-13(15)3/h3*7-12H,1-6H3;6-12H,1-5H3;6-11H,5H2,1-4H3/q5*+1/i1D3,5D3,12D;;;3D3,12D;2D3,5D2. The summed E-state index contributed by atoms with van der Waals surface area (Å²) in [7, 11) is 9.77. The fourth-order valence-electron chi connectivity index (χ4n) is 11.9. The summed E-state index contributed by atoms with van der Waals surface area (Å²) in [4.78, 5) is 0. The first-order chi connectivity index (χ1) is 49.4. The Balaban J connectivity index is 0.000000212. The van der Waals surface area contributed by atoms with Crippen LogP contribution in [0, 0.1) is 89.8 Å². The Morgan fingerprint density at radius 3 is 1.15 bits per heavy atom. The normalized spacial score (nSPS) is 15.0. The number of pyridine rings is 5. The molecule has 482 valence electrons. The van der Waals surface area contributed by atoms with Crippen LogP contribution in [0.4, 0.5) is 0 Å². The van der Waals surface area contributed by atoms with Crippen LogP contribution < -0.4 is 22.8 Å². The van der Waals surface area contributed by atoms with Crippen molar-refractivity contribution < 1.29 is 44.8 Å². The first-order valence-electron chi connectivity index (χ1n) is 40.0. The molecule has 0 N–H and O–H groups in total. The fourth-order valence-corrected chi connectivity index (χ4v) is 11.9. The van der Waals surface area contributed by atoms with E-state index in [1.54, 1.807) is 79.6 Å². The highest BCUT2D eigenvalue weighted by atomic mass is 14.9. The molecule has 0 aliphatic heterocycles. The third kappa shape index (κ3) is 18.8. The summed E-state index contributed by atoms with van der Waals surface area (Å²) < 4.78 is 132. The molecule has 1 unspecified atom stereocenters. The van der Waals surface area contributed by atoms with Crippen molar-refractivity contribution in [2.24, 2.45) is 35.2 Å². The molecule has 0 fully saturated rings. The second-order valence-corrected chi connectivity index (χ2v) is 25.9. The molecule has 0 bridgehead atoms. The molecule has 5 aromatic carbocycles. The van der Waals surface area contributed by atoms with E-state index in [2.05, 4.69) is 153 Å². The fraction of sp³-hybridized carbons (Fsp3) is 0.368. The van der Waals surface area contributed by atoms with E-state index in [4.69, 9.17) is 21.9 Å². The second-order valence-electron chi connectivity index (χ2n) is 25.9. The molecule has 10 aromatic rings. The van der Waals surface area contributed by atoms with E-state index in [9.17, 15) is 0 Å². The zero-order chi connectivity index (χ0) is 81.8. The maximum Gasteiger partial charge on any atom is 0.212 e. The summed E-state index contributed by atoms with van der Waals surface area (Å²) in [5.41, 5.74) is 28.2. The first kappa shape index (κ1) is 52.4. The monoisotopic (exact) mass is 1250 g/mol. The highest BCUT2D eigenvalue weighted by Crippen LogP contribution is 2.30. The van der Waals surface area contributed by atoms with Crippen molar-refractivity contribution in [3.8, 4) is 56.3 Å². The summed E-state index contributed by atoms with van der Waals surface area (Å²) in [6, 6.07) is 43.3. The van der Waals surface area contributed by atoms with Crippen molar-refractivity contribution in [1.29, 1.82) is 0 Å². The van der Waals surface area contributed by atoms with Crippen LogP contribution in [0.1, 0.15) is 208 Å². The zero-order valence-corrected chi connectivity index (χ0v) is 59.5. The van der Waals surface area contributed by atoms with Gasteiger partial charge in [0.2, 0.25) is 28.5 Å². The van der Waals surface area contributed by atoms with Crippen molar-refractivity contribution >= 4 is 0 Å². The maximum atomic E-state index is 8.23. The molecular formula is C87H114N5+5. The number of hydrogen-bond acceptors (Lipinski definition) is 0. The van der Waals surface area contributed by atoms with Gasteiger partial charge < -0.3 is 0 Å². The van der Waals surface area contributed by atoms with Gasteiger partial charge >= 0.3 is 0 Å². The van der Waals surface area contributed by atoms with E-state index in [1.165, 1.54) is 80.9 Å². The van der Waals surface area contributed by atoms with E-state index in [1.807, 2.05) is 100 Å². The van der Waals surface area contributed by atoms with Gasteiger partial charge in [0.15, 0.2) is 31.0 Å². The average molecular weight is 1250 g/mol. The van der Waals surface area contributed by atoms with Gasteiger partial charge in [-0.3, -0.25) is 0 Å². The summed E-state index contributed by atoms with van der Waals surface area (Å²) >= 11 is 0. The van der Waals surface area contributed by atoms with Gasteiger partial charge in [-0.25, -0.2) is 22.8 Å². The summed E-state index contributed by atoms with van der Waals surface area (Å²) in [5.74, 6) is -1.19. The molecule has 0 aliphatic carbocycles. The van der Waals surface area contributed by atoms with E-state index in [0.29, 0.717) is 45.2 Å². The van der Waals surface area contributed by atoms with Gasteiger partial charge in [-0.2, -0.15) is 0 Å². The third-order valence-electron chi connectivity index (χ3n) is 17.1. The van der Waals surface area contributed by atoms with E-state index in [0.717, 1.165) is 56.0 Å². The Morgan fingerprint density at radius 2 is 0.717 bits per heavy atom. The molecule has 0 aliphatic rings. The van der Waals surface area contributed by atoms with E-state index in [-0.39, 0.29) is 0 Å². The van der Waals surface area contributed by atoms with Gasteiger partial charge in [-0.1, -0.05) is 140 Å². The van der Waals surface area contributed by atoms with Gasteiger partial charge in [0.25, 0.3) is 0 Å². The van der Waals surface area contributed by atoms with Crippen molar-refractivity contribution in [2.75, 3.05) is 0 Å². The van der Waals surface area contributed by atoms with Crippen LogP contribution in [0.3, 0.4) is 0 Å². The molecule has 0 amide bonds. The predicted octanol–water partition coefficient (Wildman–Crippen LogP) is 20.0. The number of nitrogens with zero attached hydrogens (tertiary/aromatic N) is 5. The molecule has 5 heteroatoms. The van der Waals surface area contributed by atoms with Gasteiger partial charge in [0, 0.05) is 108 Å². The molecule has 0 radical (unpaired) electrons. The summed E-state index contributed by atoms with van der Waals surface area (Å²) in [5, 5.41) is 0. The minimum atomic E-state index is -2.43. The van der Waals surface area contributed by atoms with Gasteiger partial charge in [-0.05, 0) is 218 Å². The molecule has 0 spiro atoms. The molecule has 5 aromatic heterocycles. The Morgan fingerprint density at radius 1 is 0.326 bits per heavy atom. The summed E-state index contributed by atoms with van der Waals surface area (Å²) in [6.07, 6.45) is 8.16. The number of rotatable bonds is 10. The number of benzene rings is 5. The average Bonchev–Trinajstić information content (AvgIpc) is 0.864. The van der Waals surface area contributed by atoms with Crippen LogP contribution in [-0.2, 0) is 41.6 Å². The first-order valence-corrected chi connectivity index (χ1v) is 32.0. The largest absolute Gasteiger partial charge is 0.212 e. The van der Waals surface area contributed by atoms with Crippen LogP contribution in [0.25, 0.3) is 56.3 Å². The molecule has 5 nitrogen and oxygen atoms in total. The molecule has 92 heavy (non-hydrogen) atoms. The van der Waals surface area contributed by atoms with Gasteiger partial charge in [0.1, 0.15) is 35.2 Å². The Kier molecular flexibility index (Phi) is 18.4. The molecule has 1 atom stereocenters. The minimum Gasteiger partial charge on any atom is -0.201 e. The topological polar surface area (TPSA) is 19.4 Å². The van der Waals surface area contributed by atoms with Crippen LogP contribution in [0.15, 0.2) is 164 Å². The van der Waals surface area contributed by atoms with E-state index < -0.39 is 45.6 Å². The quantitative estimate of drug-likeness (QED) is 0.122. The molecule has 5 heterocycles. The second kappa shape index (κ2) is 32.4. The van der Waals surface area contributed by atoms with Crippen LogP contribution in [0.5, 0.6) is 0 Å². The minimum absolute atomic E-state index is 0.305. The van der Waals surface area contributed by atoms with Crippen molar-refractivity contribution in [2.45, 2.75) is 182 Å². The SMILES string of the molecule is Cc1ccc(-c2cc(C(C)C)c(C)c[n+]2C)c(C)c1.Cc1ccc(-c2cc(C)c(C(C)C)c[n+]2C)c(C)c1.[2H]C([2H])([2H])c1c[n+](C)c(-c2ccc(C([2H])(C)C([2H])([2H])[2H])cc2C)cc1C.[2H]C([2H])([2H])c1ccc(-c2ccc(C([2H])(C)C)cc2C)[n+](C)c1.[2H]C([2H])([2H])c1ccc(-c2ccc(C([2H])([2H])C)c[n+]2C)c(C)c1. The van der Waals surface area contributed by atoms with Gasteiger partial charge in [-0.15, -0.1) is 0 Å². The molecule has 10 rings (SSSR count). The lowest BCUT2D eigenvalue weighted by Gasteiger charge is -2.12. The van der Waals surface area contributed by atoms with Crippen molar-refractivity contribution in [3.05, 3.63) is 265 Å². The van der Waals surface area contributed by atoms with Crippen molar-refractivity contribution in [1.82, 2.24) is 0 Å². The predicted molar refractivity (Wildman–Crippen MR) is 393 cm³/mol. The maximum absolute atomic E-state index is 8.23. The van der Waals surface area contributed by atoms with Crippen LogP contribution >= 0.6 is 0 Å². The third-order valence-corrected chi connectivity index (χ3v) is 17.1. The van der Waals surface area contributed by atoms with E-state index >= 15 is 0 Å². The Bertz CT molecular complexity index is 4620. The Hall–Kier alpha value is -8.15. The lowest BCUT2D eigenvalue weighted by molar-refractivity contribution is -0.661. The lowest BCUT2D eigenvalue weighted by atomic mass is 9.95.